The van der Waals surface area contributed by atoms with Gasteiger partial charge >= 0.3 is 0 Å². The fourth-order valence-electron chi connectivity index (χ4n) is 4.86. The van der Waals surface area contributed by atoms with Gasteiger partial charge in [0.15, 0.2) is 11.6 Å². The van der Waals surface area contributed by atoms with E-state index in [0.29, 0.717) is 17.6 Å². The standard InChI is InChI=1S/C21H24FNO.C5H9N3O2S/c1-24-21-13-19-16(12-20(21)22)11-17(14-23-8-5-9-23)18(19)10-15-6-3-2-4-7-15;1-6-11(9,10)5-3-7-8(2)4-5/h2-4,6-7,12-13,17-18H,5,8-11,14H2,1H3;3-4,6H,1-2H3. The number of aromatic nitrogens is 2. The van der Waals surface area contributed by atoms with E-state index in [2.05, 4.69) is 45.1 Å². The molecule has 1 aliphatic heterocycles. The monoisotopic (exact) mass is 500 g/mol. The Hall–Kier alpha value is -2.75. The van der Waals surface area contributed by atoms with Crippen LogP contribution in [0, 0.1) is 11.7 Å². The maximum absolute atomic E-state index is 14.1. The molecule has 3 aromatic rings. The van der Waals surface area contributed by atoms with Crippen molar-refractivity contribution in [2.24, 2.45) is 13.0 Å². The molecule has 1 saturated heterocycles. The molecule has 0 bridgehead atoms. The first-order valence-electron chi connectivity index (χ1n) is 11.9. The predicted molar refractivity (Wildman–Crippen MR) is 134 cm³/mol. The van der Waals surface area contributed by atoms with Crippen molar-refractivity contribution in [3.8, 4) is 5.75 Å². The molecule has 188 valence electrons. The van der Waals surface area contributed by atoms with Gasteiger partial charge in [0.1, 0.15) is 4.90 Å². The second kappa shape index (κ2) is 10.9. The summed E-state index contributed by atoms with van der Waals surface area (Å²) < 4.78 is 45.1. The van der Waals surface area contributed by atoms with Crippen LogP contribution >= 0.6 is 0 Å². The van der Waals surface area contributed by atoms with Gasteiger partial charge in [-0.15, -0.1) is 0 Å². The quantitative estimate of drug-likeness (QED) is 0.538. The Kier molecular flexibility index (Phi) is 7.88. The number of hydrogen-bond donors (Lipinski definition) is 1. The summed E-state index contributed by atoms with van der Waals surface area (Å²) in [4.78, 5) is 2.71. The summed E-state index contributed by atoms with van der Waals surface area (Å²) >= 11 is 0. The van der Waals surface area contributed by atoms with Crippen molar-refractivity contribution in [2.75, 3.05) is 33.8 Å². The van der Waals surface area contributed by atoms with Crippen molar-refractivity contribution in [2.45, 2.75) is 30.1 Å². The highest BCUT2D eigenvalue weighted by Crippen LogP contribution is 2.43. The maximum atomic E-state index is 14.1. The van der Waals surface area contributed by atoms with Gasteiger partial charge in [-0.05, 0) is 80.1 Å². The Labute approximate surface area is 207 Å². The third-order valence-corrected chi connectivity index (χ3v) is 8.23. The van der Waals surface area contributed by atoms with Gasteiger partial charge < -0.3 is 9.64 Å². The number of likely N-dealkylation sites (tertiary alicyclic amines) is 1. The smallest absolute Gasteiger partial charge is 0.243 e. The number of nitrogens with zero attached hydrogens (tertiary/aromatic N) is 3. The minimum Gasteiger partial charge on any atom is -0.494 e. The van der Waals surface area contributed by atoms with Crippen molar-refractivity contribution >= 4 is 10.0 Å². The highest BCUT2D eigenvalue weighted by molar-refractivity contribution is 7.89. The first-order chi connectivity index (χ1) is 16.8. The summed E-state index contributed by atoms with van der Waals surface area (Å²) in [6.45, 7) is 3.54. The van der Waals surface area contributed by atoms with Gasteiger partial charge in [0.05, 0.1) is 13.3 Å². The van der Waals surface area contributed by atoms with Crippen molar-refractivity contribution in [1.82, 2.24) is 19.4 Å². The molecule has 0 radical (unpaired) electrons. The number of aryl methyl sites for hydroxylation is 1. The van der Waals surface area contributed by atoms with Gasteiger partial charge in [0.2, 0.25) is 10.0 Å². The van der Waals surface area contributed by atoms with E-state index in [4.69, 9.17) is 4.74 Å². The van der Waals surface area contributed by atoms with E-state index in [1.807, 2.05) is 6.07 Å². The van der Waals surface area contributed by atoms with E-state index in [1.165, 1.54) is 60.3 Å². The zero-order chi connectivity index (χ0) is 25.0. The van der Waals surface area contributed by atoms with E-state index >= 15 is 0 Å². The van der Waals surface area contributed by atoms with E-state index in [0.717, 1.165) is 19.4 Å². The minimum absolute atomic E-state index is 0.183. The fourth-order valence-corrected chi connectivity index (χ4v) is 5.57. The number of halogens is 1. The molecule has 0 spiro atoms. The van der Waals surface area contributed by atoms with Crippen LogP contribution in [0.3, 0.4) is 0 Å². The Morgan fingerprint density at radius 3 is 2.51 bits per heavy atom. The van der Waals surface area contributed by atoms with Gasteiger partial charge in [0, 0.05) is 19.8 Å². The van der Waals surface area contributed by atoms with Crippen LogP contribution in [0.25, 0.3) is 0 Å². The molecule has 2 aliphatic rings. The molecule has 7 nitrogen and oxygen atoms in total. The molecule has 1 aliphatic carbocycles. The minimum atomic E-state index is -3.31. The highest BCUT2D eigenvalue weighted by atomic mass is 32.2. The molecule has 9 heteroatoms. The molecule has 2 atom stereocenters. The van der Waals surface area contributed by atoms with Crippen molar-refractivity contribution in [3.63, 3.8) is 0 Å². The molecule has 1 N–H and O–H groups in total. The van der Waals surface area contributed by atoms with Crippen LogP contribution in [0.4, 0.5) is 4.39 Å². The van der Waals surface area contributed by atoms with Crippen molar-refractivity contribution < 1.29 is 17.5 Å². The van der Waals surface area contributed by atoms with Crippen molar-refractivity contribution in [3.05, 3.63) is 77.4 Å². The van der Waals surface area contributed by atoms with Crippen LogP contribution in [0.2, 0.25) is 0 Å². The second-order valence-electron chi connectivity index (χ2n) is 9.16. The SMILES string of the molecule is CNS(=O)(=O)c1cnn(C)c1.COc1cc2c(cc1F)CC(CN1CCC1)C2Cc1ccccc1. The molecule has 35 heavy (non-hydrogen) atoms. The molecular formula is C26H33FN4O3S. The highest BCUT2D eigenvalue weighted by Gasteiger charge is 2.35. The van der Waals surface area contributed by atoms with Crippen LogP contribution in [0.5, 0.6) is 5.75 Å². The largest absolute Gasteiger partial charge is 0.494 e. The molecule has 5 rings (SSSR count). The van der Waals surface area contributed by atoms with Crippen LogP contribution in [-0.4, -0.2) is 56.9 Å². The summed E-state index contributed by atoms with van der Waals surface area (Å²) in [7, 11) is 1.26. The predicted octanol–water partition coefficient (Wildman–Crippen LogP) is 3.37. The number of ether oxygens (including phenoxy) is 1. The molecule has 0 amide bonds. The third-order valence-electron chi connectivity index (χ3n) is 6.86. The summed E-state index contributed by atoms with van der Waals surface area (Å²) in [6, 6.07) is 14.3. The molecule has 1 fully saturated rings. The van der Waals surface area contributed by atoms with Gasteiger partial charge in [-0.25, -0.2) is 17.5 Å². The first kappa shape index (κ1) is 25.3. The molecular weight excluding hydrogens is 467 g/mol. The number of methoxy groups -OCH3 is 1. The lowest BCUT2D eigenvalue weighted by Crippen LogP contribution is -2.41. The fraction of sp³-hybridized carbons (Fsp3) is 0.423. The topological polar surface area (TPSA) is 76.5 Å². The van der Waals surface area contributed by atoms with E-state index in [-0.39, 0.29) is 10.7 Å². The van der Waals surface area contributed by atoms with E-state index in [9.17, 15) is 12.8 Å². The number of benzene rings is 2. The first-order valence-corrected chi connectivity index (χ1v) is 13.3. The lowest BCUT2D eigenvalue weighted by Gasteiger charge is -2.35. The Morgan fingerprint density at radius 2 is 1.94 bits per heavy atom. The Bertz CT molecular complexity index is 1240. The summed E-state index contributed by atoms with van der Waals surface area (Å²) in [5.41, 5.74) is 3.80. The van der Waals surface area contributed by atoms with Gasteiger partial charge in [0.25, 0.3) is 0 Å². The Balaban J connectivity index is 0.000000221. The molecule has 0 saturated carbocycles. The maximum Gasteiger partial charge on any atom is 0.243 e. The zero-order valence-corrected chi connectivity index (χ0v) is 21.3. The van der Waals surface area contributed by atoms with Gasteiger partial charge in [-0.2, -0.15) is 5.10 Å². The van der Waals surface area contributed by atoms with Gasteiger partial charge in [-0.3, -0.25) is 4.68 Å². The third kappa shape index (κ3) is 5.91. The van der Waals surface area contributed by atoms with Crippen LogP contribution in [-0.2, 0) is 29.9 Å². The van der Waals surface area contributed by atoms with Crippen LogP contribution in [0.1, 0.15) is 29.0 Å². The zero-order valence-electron chi connectivity index (χ0n) is 20.4. The molecule has 2 aromatic carbocycles. The van der Waals surface area contributed by atoms with E-state index < -0.39 is 10.0 Å². The number of rotatable bonds is 7. The molecule has 1 aromatic heterocycles. The summed E-state index contributed by atoms with van der Waals surface area (Å²) in [5, 5.41) is 3.73. The number of sulfonamides is 1. The molecule has 2 heterocycles. The second-order valence-corrected chi connectivity index (χ2v) is 11.0. The summed E-state index contributed by atoms with van der Waals surface area (Å²) in [6.07, 6.45) is 6.04. The average molecular weight is 501 g/mol. The van der Waals surface area contributed by atoms with Crippen molar-refractivity contribution in [1.29, 1.82) is 0 Å². The molecule has 2 unspecified atom stereocenters. The summed E-state index contributed by atoms with van der Waals surface area (Å²) in [5.74, 6) is 1.14. The van der Waals surface area contributed by atoms with Crippen LogP contribution < -0.4 is 9.46 Å². The Morgan fingerprint density at radius 1 is 1.20 bits per heavy atom. The normalized spacial score (nSPS) is 19.4. The average Bonchev–Trinajstić information content (AvgIpc) is 3.40. The lowest BCUT2D eigenvalue weighted by molar-refractivity contribution is 0.145. The van der Waals surface area contributed by atoms with Gasteiger partial charge in [-0.1, -0.05) is 30.3 Å². The number of hydrogen-bond acceptors (Lipinski definition) is 5. The number of fused-ring (bicyclic) bond motifs is 1. The number of nitrogens with one attached hydrogen (secondary N) is 1. The van der Waals surface area contributed by atoms with Crippen LogP contribution in [0.15, 0.2) is 59.8 Å². The lowest BCUT2D eigenvalue weighted by atomic mass is 9.86. The van der Waals surface area contributed by atoms with E-state index in [1.54, 1.807) is 20.2 Å².